The van der Waals surface area contributed by atoms with Gasteiger partial charge in [0.25, 0.3) is 5.91 Å². The van der Waals surface area contributed by atoms with E-state index in [9.17, 15) is 9.59 Å². The second-order valence-corrected chi connectivity index (χ2v) is 6.70. The van der Waals surface area contributed by atoms with Gasteiger partial charge in [0.15, 0.2) is 11.5 Å². The first-order chi connectivity index (χ1) is 12.4. The topological polar surface area (TPSA) is 76.7 Å². The number of anilines is 1. The van der Waals surface area contributed by atoms with Gasteiger partial charge in [0, 0.05) is 22.3 Å². The van der Waals surface area contributed by atoms with Crippen molar-refractivity contribution in [2.75, 3.05) is 12.1 Å². The summed E-state index contributed by atoms with van der Waals surface area (Å²) in [6.45, 7) is 3.90. The van der Waals surface area contributed by atoms with E-state index in [0.29, 0.717) is 27.8 Å². The molecule has 0 fully saturated rings. The van der Waals surface area contributed by atoms with Crippen LogP contribution in [0.1, 0.15) is 24.2 Å². The van der Waals surface area contributed by atoms with Crippen molar-refractivity contribution < 1.29 is 19.1 Å². The molecule has 1 atom stereocenters. The normalized spacial score (nSPS) is 13.4. The van der Waals surface area contributed by atoms with Gasteiger partial charge >= 0.3 is 0 Å². The molecular weight excluding hydrogens is 356 g/mol. The monoisotopic (exact) mass is 374 g/mol. The molecule has 1 aliphatic heterocycles. The Morgan fingerprint density at radius 2 is 1.73 bits per heavy atom. The summed E-state index contributed by atoms with van der Waals surface area (Å²) < 4.78 is 10.6. The van der Waals surface area contributed by atoms with Crippen molar-refractivity contribution in [1.29, 1.82) is 0 Å². The average Bonchev–Trinajstić information content (AvgIpc) is 3.07. The molecule has 2 amide bonds. The fraction of sp³-hybridized carbons (Fsp3) is 0.263. The lowest BCUT2D eigenvalue weighted by molar-refractivity contribution is -0.118. The molecular formula is C19H19ClN2O4. The van der Waals surface area contributed by atoms with Crippen molar-refractivity contribution in [2.45, 2.75) is 19.9 Å². The lowest BCUT2D eigenvalue weighted by Gasteiger charge is -2.22. The van der Waals surface area contributed by atoms with Crippen molar-refractivity contribution in [1.82, 2.24) is 5.32 Å². The molecule has 6 nitrogen and oxygen atoms in total. The number of hydrogen-bond acceptors (Lipinski definition) is 4. The van der Waals surface area contributed by atoms with Crippen molar-refractivity contribution in [3.05, 3.63) is 53.1 Å². The Labute approximate surface area is 156 Å². The van der Waals surface area contributed by atoms with E-state index >= 15 is 0 Å². The minimum Gasteiger partial charge on any atom is -0.454 e. The molecule has 0 radical (unpaired) electrons. The first kappa shape index (κ1) is 18.1. The molecule has 1 heterocycles. The van der Waals surface area contributed by atoms with Gasteiger partial charge in [-0.3, -0.25) is 9.59 Å². The molecule has 0 bridgehead atoms. The van der Waals surface area contributed by atoms with Gasteiger partial charge in [0.05, 0.1) is 0 Å². The molecule has 0 aliphatic carbocycles. The van der Waals surface area contributed by atoms with Crippen LogP contribution in [0.5, 0.6) is 11.5 Å². The molecule has 136 valence electrons. The van der Waals surface area contributed by atoms with E-state index < -0.39 is 6.04 Å². The third-order valence-corrected chi connectivity index (χ3v) is 4.23. The van der Waals surface area contributed by atoms with E-state index in [1.165, 1.54) is 0 Å². The Hall–Kier alpha value is -2.73. The van der Waals surface area contributed by atoms with E-state index in [-0.39, 0.29) is 24.5 Å². The van der Waals surface area contributed by atoms with Crippen molar-refractivity contribution in [3.8, 4) is 11.5 Å². The zero-order valence-corrected chi connectivity index (χ0v) is 15.2. The maximum absolute atomic E-state index is 12.7. The zero-order valence-electron chi connectivity index (χ0n) is 14.4. The van der Waals surface area contributed by atoms with Gasteiger partial charge in [-0.25, -0.2) is 0 Å². The summed E-state index contributed by atoms with van der Waals surface area (Å²) in [5.41, 5.74) is 1.02. The summed E-state index contributed by atoms with van der Waals surface area (Å²) in [5.74, 6) is 0.483. The first-order valence-electron chi connectivity index (χ1n) is 8.21. The van der Waals surface area contributed by atoms with Gasteiger partial charge in [-0.2, -0.15) is 0 Å². The fourth-order valence-corrected chi connectivity index (χ4v) is 2.68. The molecule has 2 aromatic rings. The summed E-state index contributed by atoms with van der Waals surface area (Å²) >= 11 is 5.84. The smallest absolute Gasteiger partial charge is 0.251 e. The number of nitrogens with one attached hydrogen (secondary N) is 2. The number of halogens is 1. The van der Waals surface area contributed by atoms with Crippen molar-refractivity contribution >= 4 is 29.1 Å². The molecule has 3 rings (SSSR count). The van der Waals surface area contributed by atoms with Crippen LogP contribution in [0.15, 0.2) is 42.5 Å². The highest BCUT2D eigenvalue weighted by Crippen LogP contribution is 2.34. The van der Waals surface area contributed by atoms with Crippen LogP contribution in [0.3, 0.4) is 0 Å². The second-order valence-electron chi connectivity index (χ2n) is 6.26. The van der Waals surface area contributed by atoms with Crippen molar-refractivity contribution in [3.63, 3.8) is 0 Å². The SMILES string of the molecule is CC(C)[C@H](NC(=O)c1ccc(Cl)cc1)C(=O)Nc1ccc2c(c1)OCO2. The molecule has 0 unspecified atom stereocenters. The van der Waals surface area contributed by atoms with Crippen LogP contribution in [0, 0.1) is 5.92 Å². The molecule has 26 heavy (non-hydrogen) atoms. The van der Waals surface area contributed by atoms with Gasteiger partial charge in [0.1, 0.15) is 6.04 Å². The highest BCUT2D eigenvalue weighted by atomic mass is 35.5. The largest absolute Gasteiger partial charge is 0.454 e. The molecule has 2 aromatic carbocycles. The van der Waals surface area contributed by atoms with Crippen LogP contribution in [0.2, 0.25) is 5.02 Å². The lowest BCUT2D eigenvalue weighted by atomic mass is 10.0. The van der Waals surface area contributed by atoms with E-state index in [4.69, 9.17) is 21.1 Å². The molecule has 1 aliphatic rings. The summed E-state index contributed by atoms with van der Waals surface area (Å²) in [7, 11) is 0. The molecule has 0 spiro atoms. The highest BCUT2D eigenvalue weighted by molar-refractivity contribution is 6.30. The maximum atomic E-state index is 12.7. The van der Waals surface area contributed by atoms with Gasteiger partial charge in [-0.05, 0) is 42.3 Å². The Morgan fingerprint density at radius 1 is 1.04 bits per heavy atom. The number of carbonyl (C=O) groups is 2. The molecule has 2 N–H and O–H groups in total. The third-order valence-electron chi connectivity index (χ3n) is 3.98. The second kappa shape index (κ2) is 7.66. The number of fused-ring (bicyclic) bond motifs is 1. The van der Waals surface area contributed by atoms with Crippen molar-refractivity contribution in [2.24, 2.45) is 5.92 Å². The number of ether oxygens (including phenoxy) is 2. The Bertz CT molecular complexity index is 821. The van der Waals surface area contributed by atoms with E-state index in [2.05, 4.69) is 10.6 Å². The molecule has 7 heteroatoms. The Morgan fingerprint density at radius 3 is 2.42 bits per heavy atom. The van der Waals surface area contributed by atoms with Crippen LogP contribution in [-0.4, -0.2) is 24.6 Å². The van der Waals surface area contributed by atoms with Crippen LogP contribution >= 0.6 is 11.6 Å². The van der Waals surface area contributed by atoms with Gasteiger partial charge in [-0.15, -0.1) is 0 Å². The summed E-state index contributed by atoms with van der Waals surface area (Å²) in [6.07, 6.45) is 0. The van der Waals surface area contributed by atoms with Gasteiger partial charge in [-0.1, -0.05) is 25.4 Å². The Balaban J connectivity index is 1.69. The maximum Gasteiger partial charge on any atom is 0.251 e. The molecule has 0 aromatic heterocycles. The van der Waals surface area contributed by atoms with E-state index in [1.807, 2.05) is 13.8 Å². The van der Waals surface area contributed by atoms with Crippen LogP contribution in [0.4, 0.5) is 5.69 Å². The number of amides is 2. The first-order valence-corrected chi connectivity index (χ1v) is 8.59. The zero-order chi connectivity index (χ0) is 18.7. The summed E-state index contributed by atoms with van der Waals surface area (Å²) in [5, 5.41) is 6.13. The van der Waals surface area contributed by atoms with Crippen LogP contribution in [-0.2, 0) is 4.79 Å². The number of hydrogen-bond donors (Lipinski definition) is 2. The standard InChI is InChI=1S/C19H19ClN2O4/c1-11(2)17(22-18(23)12-3-5-13(20)6-4-12)19(24)21-14-7-8-15-16(9-14)26-10-25-15/h3-9,11,17H,10H2,1-2H3,(H,21,24)(H,22,23)/t17-/m0/s1. The lowest BCUT2D eigenvalue weighted by Crippen LogP contribution is -2.47. The Kier molecular flexibility index (Phi) is 5.32. The number of rotatable bonds is 5. The molecule has 0 saturated heterocycles. The van der Waals surface area contributed by atoms with Gasteiger partial charge in [0.2, 0.25) is 12.7 Å². The number of carbonyl (C=O) groups excluding carboxylic acids is 2. The third kappa shape index (κ3) is 4.08. The number of benzene rings is 2. The minimum atomic E-state index is -0.691. The van der Waals surface area contributed by atoms with E-state index in [1.54, 1.807) is 42.5 Å². The van der Waals surface area contributed by atoms with Crippen LogP contribution < -0.4 is 20.1 Å². The summed E-state index contributed by atoms with van der Waals surface area (Å²) in [6, 6.07) is 11.0. The van der Waals surface area contributed by atoms with Crippen LogP contribution in [0.25, 0.3) is 0 Å². The highest BCUT2D eigenvalue weighted by Gasteiger charge is 2.25. The average molecular weight is 375 g/mol. The van der Waals surface area contributed by atoms with Gasteiger partial charge < -0.3 is 20.1 Å². The van der Waals surface area contributed by atoms with E-state index in [0.717, 1.165) is 0 Å². The fourth-order valence-electron chi connectivity index (χ4n) is 2.56. The molecule has 0 saturated carbocycles. The summed E-state index contributed by atoms with van der Waals surface area (Å²) in [4.78, 5) is 25.1. The quantitative estimate of drug-likeness (QED) is 0.840. The predicted molar refractivity (Wildman–Crippen MR) is 98.7 cm³/mol. The minimum absolute atomic E-state index is 0.0970. The predicted octanol–water partition coefficient (Wildman–Crippen LogP) is 3.46.